The number of nitrogens with zero attached hydrogens (tertiary/aromatic N) is 1. The minimum Gasteiger partial charge on any atom is -0.244 e. The smallest absolute Gasteiger partial charge is 0.0904 e. The fourth-order valence-corrected chi connectivity index (χ4v) is 3.91. The molecule has 88 valence electrons. The molecule has 0 aliphatic rings. The van der Waals surface area contributed by atoms with Crippen LogP contribution in [-0.4, -0.2) is 4.21 Å². The second kappa shape index (κ2) is 5.47. The Morgan fingerprint density at radius 1 is 0.941 bits per heavy atom. The first-order valence-corrected chi connectivity index (χ1v) is 7.58. The Balaban J connectivity index is 2.38. The van der Waals surface area contributed by atoms with Crippen molar-refractivity contribution in [3.8, 4) is 0 Å². The fraction of sp³-hybridized carbons (Fsp3) is 0.0769. The molecule has 0 N–H and O–H groups in total. The first kappa shape index (κ1) is 12.3. The minimum absolute atomic E-state index is 0.420. The lowest BCUT2D eigenvalue weighted by Gasteiger charge is -2.08. The highest BCUT2D eigenvalue weighted by atomic mass is 79.9. The molecular formula is C13H12BrNOS. The van der Waals surface area contributed by atoms with Crippen molar-refractivity contribution in [3.63, 3.8) is 0 Å². The molecule has 0 saturated carbocycles. The molecule has 0 fully saturated rings. The van der Waals surface area contributed by atoms with Crippen molar-refractivity contribution in [2.45, 2.75) is 10.6 Å². The van der Waals surface area contributed by atoms with Gasteiger partial charge in [0.25, 0.3) is 0 Å². The quantitative estimate of drug-likeness (QED) is 0.842. The molecule has 0 amide bonds. The molecule has 0 heterocycles. The van der Waals surface area contributed by atoms with E-state index in [1.54, 1.807) is 0 Å². The van der Waals surface area contributed by atoms with Gasteiger partial charge in [0.15, 0.2) is 0 Å². The van der Waals surface area contributed by atoms with Gasteiger partial charge < -0.3 is 0 Å². The molecule has 2 nitrogen and oxygen atoms in total. The lowest BCUT2D eigenvalue weighted by Crippen LogP contribution is -2.03. The van der Waals surface area contributed by atoms with E-state index in [1.165, 1.54) is 0 Å². The number of hydrogen-bond acceptors (Lipinski definition) is 2. The predicted molar refractivity (Wildman–Crippen MR) is 74.4 cm³/mol. The van der Waals surface area contributed by atoms with E-state index in [9.17, 15) is 4.21 Å². The van der Waals surface area contributed by atoms with E-state index in [4.69, 9.17) is 0 Å². The van der Waals surface area contributed by atoms with Crippen molar-refractivity contribution in [2.24, 2.45) is 3.39 Å². The van der Waals surface area contributed by atoms with E-state index >= 15 is 0 Å². The Morgan fingerprint density at radius 3 is 2.00 bits per heavy atom. The number of hydrogen-bond donors (Lipinski definition) is 0. The van der Waals surface area contributed by atoms with Crippen LogP contribution in [0.4, 0.5) is 0 Å². The van der Waals surface area contributed by atoms with Gasteiger partial charge in [-0.2, -0.15) is 3.39 Å². The molecule has 1 unspecified atom stereocenters. The summed E-state index contributed by atoms with van der Waals surface area (Å²) >= 11 is 3.02. The highest BCUT2D eigenvalue weighted by Crippen LogP contribution is 2.20. The molecule has 0 bridgehead atoms. The summed E-state index contributed by atoms with van der Waals surface area (Å²) < 4.78 is 16.6. The Morgan fingerprint density at radius 2 is 1.47 bits per heavy atom. The molecule has 2 rings (SSSR count). The fourth-order valence-electron chi connectivity index (χ4n) is 1.58. The van der Waals surface area contributed by atoms with Crippen LogP contribution in [0.25, 0.3) is 0 Å². The van der Waals surface area contributed by atoms with Gasteiger partial charge in [-0.3, -0.25) is 0 Å². The van der Waals surface area contributed by atoms with Crippen LogP contribution in [0.5, 0.6) is 0 Å². The molecule has 4 heteroatoms. The monoisotopic (exact) mass is 309 g/mol. The minimum atomic E-state index is -2.42. The maximum absolute atomic E-state index is 12.7. The van der Waals surface area contributed by atoms with E-state index < -0.39 is 9.73 Å². The summed E-state index contributed by atoms with van der Waals surface area (Å²) in [5.41, 5.74) is 1.02. The Kier molecular flexibility index (Phi) is 3.97. The van der Waals surface area contributed by atoms with Crippen molar-refractivity contribution in [3.05, 3.63) is 66.2 Å². The Bertz CT molecular complexity index is 589. The number of rotatable bonds is 3. The Hall–Kier alpha value is -1.13. The molecule has 2 aromatic carbocycles. The summed E-state index contributed by atoms with van der Waals surface area (Å²) in [7, 11) is -2.42. The summed E-state index contributed by atoms with van der Waals surface area (Å²) in [4.78, 5) is 0.751. The summed E-state index contributed by atoms with van der Waals surface area (Å²) in [5.74, 6) is 0.420. The third-order valence-corrected chi connectivity index (χ3v) is 5.79. The molecule has 0 aromatic heterocycles. The lowest BCUT2D eigenvalue weighted by molar-refractivity contribution is 0.677. The van der Waals surface area contributed by atoms with Crippen molar-refractivity contribution >= 4 is 25.9 Å². The molecule has 0 spiro atoms. The van der Waals surface area contributed by atoms with Crippen LogP contribution < -0.4 is 0 Å². The molecule has 1 atom stereocenters. The summed E-state index contributed by atoms with van der Waals surface area (Å²) in [6, 6.07) is 19.1. The largest absolute Gasteiger partial charge is 0.244 e. The summed E-state index contributed by atoms with van der Waals surface area (Å²) in [6.07, 6.45) is 0. The lowest BCUT2D eigenvalue weighted by atomic mass is 10.2. The van der Waals surface area contributed by atoms with Crippen LogP contribution in [-0.2, 0) is 15.5 Å². The zero-order valence-electron chi connectivity index (χ0n) is 9.12. The Labute approximate surface area is 110 Å². The maximum Gasteiger partial charge on any atom is 0.0904 e. The van der Waals surface area contributed by atoms with Crippen LogP contribution in [0, 0.1) is 0 Å². The standard InChI is InChI=1S/C13H12BrNOS/c14-15-17(16,13-9-5-2-6-10-13)11-12-7-3-1-4-8-12/h1-10H,11H2. The van der Waals surface area contributed by atoms with Crippen LogP contribution >= 0.6 is 16.1 Å². The van der Waals surface area contributed by atoms with Crippen molar-refractivity contribution in [2.75, 3.05) is 0 Å². The molecule has 0 radical (unpaired) electrons. The first-order valence-electron chi connectivity index (χ1n) is 5.19. The average molecular weight is 310 g/mol. The maximum atomic E-state index is 12.7. The predicted octanol–water partition coefficient (Wildman–Crippen LogP) is 4.02. The normalized spacial score (nSPS) is 13.9. The van der Waals surface area contributed by atoms with Crippen molar-refractivity contribution in [1.29, 1.82) is 0 Å². The van der Waals surface area contributed by atoms with E-state index in [-0.39, 0.29) is 0 Å². The zero-order valence-corrected chi connectivity index (χ0v) is 11.5. The van der Waals surface area contributed by atoms with Crippen LogP contribution in [0.15, 0.2) is 68.9 Å². The van der Waals surface area contributed by atoms with Gasteiger partial charge in [-0.15, -0.1) is 0 Å². The third-order valence-electron chi connectivity index (χ3n) is 2.43. The van der Waals surface area contributed by atoms with E-state index in [1.807, 2.05) is 60.7 Å². The second-order valence-electron chi connectivity index (χ2n) is 3.65. The van der Waals surface area contributed by atoms with E-state index in [0.29, 0.717) is 5.75 Å². The molecule has 17 heavy (non-hydrogen) atoms. The molecule has 0 aliphatic carbocycles. The van der Waals surface area contributed by atoms with Gasteiger partial charge in [-0.05, 0) is 17.7 Å². The van der Waals surface area contributed by atoms with Gasteiger partial charge in [0.2, 0.25) is 0 Å². The molecule has 2 aromatic rings. The molecule has 0 aliphatic heterocycles. The van der Waals surface area contributed by atoms with Gasteiger partial charge in [-0.25, -0.2) is 4.21 Å². The topological polar surface area (TPSA) is 29.4 Å². The zero-order chi connectivity index (χ0) is 12.1. The molecule has 0 saturated heterocycles. The summed E-state index contributed by atoms with van der Waals surface area (Å²) in [5, 5.41) is 0. The van der Waals surface area contributed by atoms with Gasteiger partial charge in [0.05, 0.1) is 31.6 Å². The number of benzene rings is 2. The first-order chi connectivity index (χ1) is 8.24. The van der Waals surface area contributed by atoms with Gasteiger partial charge in [0.1, 0.15) is 0 Å². The average Bonchev–Trinajstić information content (AvgIpc) is 2.41. The number of halogens is 1. The van der Waals surface area contributed by atoms with Crippen LogP contribution in [0.1, 0.15) is 5.56 Å². The van der Waals surface area contributed by atoms with Gasteiger partial charge in [0, 0.05) is 4.90 Å². The van der Waals surface area contributed by atoms with E-state index in [0.717, 1.165) is 10.5 Å². The van der Waals surface area contributed by atoms with Crippen LogP contribution in [0.2, 0.25) is 0 Å². The summed E-state index contributed by atoms with van der Waals surface area (Å²) in [6.45, 7) is 0. The van der Waals surface area contributed by atoms with Crippen LogP contribution in [0.3, 0.4) is 0 Å². The van der Waals surface area contributed by atoms with Gasteiger partial charge in [-0.1, -0.05) is 48.5 Å². The van der Waals surface area contributed by atoms with Crippen molar-refractivity contribution in [1.82, 2.24) is 0 Å². The molecular weight excluding hydrogens is 298 g/mol. The third kappa shape index (κ3) is 2.96. The highest BCUT2D eigenvalue weighted by Gasteiger charge is 2.12. The van der Waals surface area contributed by atoms with Crippen molar-refractivity contribution < 1.29 is 4.21 Å². The van der Waals surface area contributed by atoms with E-state index in [2.05, 4.69) is 19.5 Å². The highest BCUT2D eigenvalue weighted by molar-refractivity contribution is 9.09. The second-order valence-corrected chi connectivity index (χ2v) is 6.70. The van der Waals surface area contributed by atoms with Gasteiger partial charge >= 0.3 is 0 Å². The SMILES string of the molecule is O=S(Cc1ccccc1)(=NBr)c1ccccc1.